The van der Waals surface area contributed by atoms with E-state index in [2.05, 4.69) is 5.16 Å². The van der Waals surface area contributed by atoms with Gasteiger partial charge in [-0.1, -0.05) is 5.16 Å². The van der Waals surface area contributed by atoms with Crippen LogP contribution in [0.5, 0.6) is 0 Å². The molecule has 0 radical (unpaired) electrons. The fourth-order valence-corrected chi connectivity index (χ4v) is 3.68. The Kier molecular flexibility index (Phi) is 4.24. The van der Waals surface area contributed by atoms with Gasteiger partial charge in [0, 0.05) is 47.7 Å². The van der Waals surface area contributed by atoms with Crippen LogP contribution < -0.4 is 0 Å². The van der Waals surface area contributed by atoms with Crippen LogP contribution in [0.25, 0.3) is 17.0 Å². The van der Waals surface area contributed by atoms with Crippen LogP contribution in [0.1, 0.15) is 21.6 Å². The number of carbonyl (C=O) groups is 1. The Hall–Kier alpha value is -3.67. The van der Waals surface area contributed by atoms with Crippen molar-refractivity contribution in [3.63, 3.8) is 0 Å². The van der Waals surface area contributed by atoms with Gasteiger partial charge in [0.25, 0.3) is 5.91 Å². The van der Waals surface area contributed by atoms with Crippen molar-refractivity contribution >= 4 is 5.91 Å². The molecular formula is C23H18FN3O2. The second-order valence-corrected chi connectivity index (χ2v) is 7.06. The van der Waals surface area contributed by atoms with E-state index in [0.29, 0.717) is 30.8 Å². The summed E-state index contributed by atoms with van der Waals surface area (Å²) in [5.74, 6) is 0.267. The highest BCUT2D eigenvalue weighted by Gasteiger charge is 2.28. The van der Waals surface area contributed by atoms with Crippen LogP contribution in [-0.2, 0) is 13.0 Å². The molecule has 1 aliphatic rings. The highest BCUT2D eigenvalue weighted by atomic mass is 19.1. The zero-order valence-electron chi connectivity index (χ0n) is 15.6. The van der Waals surface area contributed by atoms with E-state index in [1.165, 1.54) is 12.1 Å². The third-order valence-electron chi connectivity index (χ3n) is 5.25. The van der Waals surface area contributed by atoms with Crippen molar-refractivity contribution < 1.29 is 13.7 Å². The first-order valence-electron chi connectivity index (χ1n) is 9.45. The monoisotopic (exact) mass is 387 g/mol. The number of benzene rings is 2. The molecule has 1 aliphatic heterocycles. The van der Waals surface area contributed by atoms with Crippen molar-refractivity contribution in [2.24, 2.45) is 0 Å². The molecular weight excluding hydrogens is 369 g/mol. The average Bonchev–Trinajstić information content (AvgIpc) is 3.44. The number of amides is 1. The predicted octanol–water partition coefficient (Wildman–Crippen LogP) is 4.47. The van der Waals surface area contributed by atoms with Crippen molar-refractivity contribution in [3.8, 4) is 17.0 Å². The van der Waals surface area contributed by atoms with Crippen molar-refractivity contribution in [1.82, 2.24) is 14.6 Å². The van der Waals surface area contributed by atoms with E-state index in [-0.39, 0.29) is 11.7 Å². The number of hydrogen-bond donors (Lipinski definition) is 0. The molecule has 3 heterocycles. The van der Waals surface area contributed by atoms with Crippen LogP contribution in [0.3, 0.4) is 0 Å². The maximum atomic E-state index is 13.2. The standard InChI is InChI=1S/C23H18FN3O2/c24-18-7-3-16(4-8-18)22-20-15-27(14-11-21(20)25-29-22)23(28)17-5-9-19(10-6-17)26-12-1-2-13-26/h1-10,12-13H,11,14-15H2. The summed E-state index contributed by atoms with van der Waals surface area (Å²) in [4.78, 5) is 14.8. The highest BCUT2D eigenvalue weighted by Crippen LogP contribution is 2.31. The number of fused-ring (bicyclic) bond motifs is 1. The minimum absolute atomic E-state index is 0.0269. The van der Waals surface area contributed by atoms with Crippen molar-refractivity contribution in [1.29, 1.82) is 0 Å². The third-order valence-corrected chi connectivity index (χ3v) is 5.25. The molecule has 0 N–H and O–H groups in total. The number of rotatable bonds is 3. The lowest BCUT2D eigenvalue weighted by molar-refractivity contribution is 0.0734. The molecule has 0 unspecified atom stereocenters. The molecule has 2 aromatic heterocycles. The van der Waals surface area contributed by atoms with Gasteiger partial charge in [-0.05, 0) is 60.7 Å². The normalized spacial score (nSPS) is 13.3. The number of hydrogen-bond acceptors (Lipinski definition) is 3. The zero-order chi connectivity index (χ0) is 19.8. The molecule has 144 valence electrons. The fourth-order valence-electron chi connectivity index (χ4n) is 3.68. The Bertz CT molecular complexity index is 1150. The van der Waals surface area contributed by atoms with Gasteiger partial charge in [0.2, 0.25) is 0 Å². The average molecular weight is 387 g/mol. The summed E-state index contributed by atoms with van der Waals surface area (Å²) < 4.78 is 20.8. The van der Waals surface area contributed by atoms with Gasteiger partial charge in [-0.25, -0.2) is 4.39 Å². The summed E-state index contributed by atoms with van der Waals surface area (Å²) in [6.45, 7) is 1.00. The smallest absolute Gasteiger partial charge is 0.254 e. The van der Waals surface area contributed by atoms with Crippen LogP contribution in [0, 0.1) is 5.82 Å². The first-order chi connectivity index (χ1) is 14.2. The molecule has 6 heteroatoms. The molecule has 0 saturated carbocycles. The first kappa shape index (κ1) is 17.4. The molecule has 29 heavy (non-hydrogen) atoms. The molecule has 0 aliphatic carbocycles. The van der Waals surface area contributed by atoms with Crippen LogP contribution in [-0.4, -0.2) is 27.1 Å². The summed E-state index contributed by atoms with van der Waals surface area (Å²) in [5.41, 5.74) is 4.15. The lowest BCUT2D eigenvalue weighted by Gasteiger charge is -2.26. The number of nitrogens with zero attached hydrogens (tertiary/aromatic N) is 3. The molecule has 2 aromatic carbocycles. The lowest BCUT2D eigenvalue weighted by atomic mass is 10.0. The Morgan fingerprint density at radius 1 is 1.00 bits per heavy atom. The van der Waals surface area contributed by atoms with Gasteiger partial charge in [-0.2, -0.15) is 0 Å². The summed E-state index contributed by atoms with van der Waals surface area (Å²) in [7, 11) is 0. The number of halogens is 1. The molecule has 0 saturated heterocycles. The van der Waals surface area contributed by atoms with Gasteiger partial charge >= 0.3 is 0 Å². The molecule has 0 fully saturated rings. The number of carbonyl (C=O) groups excluding carboxylic acids is 1. The van der Waals surface area contributed by atoms with Gasteiger partial charge < -0.3 is 14.0 Å². The largest absolute Gasteiger partial charge is 0.356 e. The van der Waals surface area contributed by atoms with Crippen LogP contribution >= 0.6 is 0 Å². The number of aromatic nitrogens is 2. The first-order valence-corrected chi connectivity index (χ1v) is 9.45. The molecule has 1 amide bonds. The van der Waals surface area contributed by atoms with Gasteiger partial charge in [0.15, 0.2) is 5.76 Å². The van der Waals surface area contributed by atoms with E-state index in [4.69, 9.17) is 4.52 Å². The van der Waals surface area contributed by atoms with Gasteiger partial charge in [0.05, 0.1) is 12.2 Å². The van der Waals surface area contributed by atoms with E-state index in [9.17, 15) is 9.18 Å². The predicted molar refractivity (Wildman–Crippen MR) is 106 cm³/mol. The molecule has 0 atom stereocenters. The van der Waals surface area contributed by atoms with Crippen LogP contribution in [0.15, 0.2) is 77.6 Å². The Balaban J connectivity index is 1.38. The summed E-state index contributed by atoms with van der Waals surface area (Å²) in [5, 5.41) is 4.15. The second-order valence-electron chi connectivity index (χ2n) is 7.06. The topological polar surface area (TPSA) is 51.3 Å². The van der Waals surface area contributed by atoms with Crippen molar-refractivity contribution in [2.45, 2.75) is 13.0 Å². The third kappa shape index (κ3) is 3.23. The molecule has 5 rings (SSSR count). The maximum Gasteiger partial charge on any atom is 0.254 e. The summed E-state index contributed by atoms with van der Waals surface area (Å²) >= 11 is 0. The molecule has 5 nitrogen and oxygen atoms in total. The fraction of sp³-hybridized carbons (Fsp3) is 0.130. The highest BCUT2D eigenvalue weighted by molar-refractivity contribution is 5.94. The van der Waals surface area contributed by atoms with E-state index < -0.39 is 0 Å². The Morgan fingerprint density at radius 2 is 1.72 bits per heavy atom. The van der Waals surface area contributed by atoms with Crippen molar-refractivity contribution in [3.05, 3.63) is 95.7 Å². The lowest BCUT2D eigenvalue weighted by Crippen LogP contribution is -2.35. The Labute approximate surface area is 167 Å². The van der Waals surface area contributed by atoms with Gasteiger partial charge in [-0.15, -0.1) is 0 Å². The summed E-state index contributed by atoms with van der Waals surface area (Å²) in [6.07, 6.45) is 4.56. The zero-order valence-corrected chi connectivity index (χ0v) is 15.6. The van der Waals surface area contributed by atoms with Crippen LogP contribution in [0.4, 0.5) is 4.39 Å². The Morgan fingerprint density at radius 3 is 2.45 bits per heavy atom. The molecule has 4 aromatic rings. The summed E-state index contributed by atoms with van der Waals surface area (Å²) in [6, 6.07) is 17.6. The van der Waals surface area contributed by atoms with Gasteiger partial charge in [0.1, 0.15) is 5.82 Å². The van der Waals surface area contributed by atoms with E-state index in [0.717, 1.165) is 22.5 Å². The van der Waals surface area contributed by atoms with Crippen molar-refractivity contribution in [2.75, 3.05) is 6.54 Å². The molecule has 0 spiro atoms. The minimum Gasteiger partial charge on any atom is -0.356 e. The van der Waals surface area contributed by atoms with Crippen LogP contribution in [0.2, 0.25) is 0 Å². The van der Waals surface area contributed by atoms with Gasteiger partial charge in [-0.3, -0.25) is 4.79 Å². The van der Waals surface area contributed by atoms with E-state index in [1.807, 2.05) is 53.4 Å². The van der Waals surface area contributed by atoms with E-state index in [1.54, 1.807) is 17.0 Å². The second kappa shape index (κ2) is 7.05. The minimum atomic E-state index is -0.303. The van der Waals surface area contributed by atoms with E-state index >= 15 is 0 Å². The quantitative estimate of drug-likeness (QED) is 0.521. The molecule has 0 bridgehead atoms. The maximum absolute atomic E-state index is 13.2. The SMILES string of the molecule is O=C(c1ccc(-n2cccc2)cc1)N1CCc2noc(-c3ccc(F)cc3)c2C1.